The van der Waals surface area contributed by atoms with E-state index in [9.17, 15) is 17.6 Å². The molecule has 144 valence electrons. The number of allylic oxidation sites excluding steroid dienone is 1. The van der Waals surface area contributed by atoms with Crippen molar-refractivity contribution in [2.45, 2.75) is 45.1 Å². The minimum atomic E-state index is -4.99. The largest absolute Gasteiger partial charge is 0.525 e. The first kappa shape index (κ1) is 19.5. The van der Waals surface area contributed by atoms with Crippen LogP contribution in [0.3, 0.4) is 0 Å². The lowest BCUT2D eigenvalue weighted by Crippen LogP contribution is -2.41. The Morgan fingerprint density at radius 2 is 1.63 bits per heavy atom. The van der Waals surface area contributed by atoms with Crippen molar-refractivity contribution in [2.24, 2.45) is 0 Å². The Bertz CT molecular complexity index is 849. The zero-order chi connectivity index (χ0) is 20.0. The van der Waals surface area contributed by atoms with Crippen LogP contribution in [-0.2, 0) is 9.31 Å². The van der Waals surface area contributed by atoms with Gasteiger partial charge in [-0.1, -0.05) is 0 Å². The number of hydrogen-bond acceptors (Lipinski definition) is 5. The molecule has 0 N–H and O–H groups in total. The van der Waals surface area contributed by atoms with Crippen molar-refractivity contribution in [3.63, 3.8) is 0 Å². The second-order valence-electron chi connectivity index (χ2n) is 7.03. The number of rotatable bonds is 3. The number of hydrogen-bond donors (Lipinski definition) is 0. The van der Waals surface area contributed by atoms with Crippen LogP contribution in [-0.4, -0.2) is 44.2 Å². The van der Waals surface area contributed by atoms with Gasteiger partial charge in [0.25, 0.3) is 0 Å². The van der Waals surface area contributed by atoms with Crippen molar-refractivity contribution in [3.05, 3.63) is 42.1 Å². The van der Waals surface area contributed by atoms with Crippen LogP contribution in [0.15, 0.2) is 36.6 Å². The van der Waals surface area contributed by atoms with Crippen LogP contribution in [0.4, 0.5) is 17.6 Å². The maximum absolute atomic E-state index is 14.9. The summed E-state index contributed by atoms with van der Waals surface area (Å²) < 4.78 is 67.6. The lowest BCUT2D eigenvalue weighted by molar-refractivity contribution is -0.0699. The SMILES string of the molecule is CC1(C)OB(C(F)=C(c2cnn(-c3ncccn3)c2)C(F)(F)F)OC1(C)C. The van der Waals surface area contributed by atoms with Crippen molar-refractivity contribution >= 4 is 12.7 Å². The standard InChI is InChI=1S/C16H17BF4N4O2/c1-14(2)15(3,4)27-17(26-14)12(18)11(16(19,20)21)10-8-24-25(9-10)13-22-6-5-7-23-13/h5-9H,1-4H3. The minimum absolute atomic E-state index is 0.0568. The van der Waals surface area contributed by atoms with Gasteiger partial charge in [0.1, 0.15) is 5.73 Å². The molecule has 0 spiro atoms. The number of alkyl halides is 3. The van der Waals surface area contributed by atoms with E-state index in [1.807, 2.05) is 0 Å². The molecule has 0 saturated carbocycles. The van der Waals surface area contributed by atoms with Crippen LogP contribution < -0.4 is 0 Å². The van der Waals surface area contributed by atoms with Crippen molar-refractivity contribution in [1.82, 2.24) is 19.7 Å². The van der Waals surface area contributed by atoms with E-state index in [2.05, 4.69) is 15.1 Å². The van der Waals surface area contributed by atoms with E-state index >= 15 is 0 Å². The molecule has 0 aromatic carbocycles. The first-order valence-corrected chi connectivity index (χ1v) is 8.07. The van der Waals surface area contributed by atoms with Gasteiger partial charge in [0.2, 0.25) is 5.95 Å². The fraction of sp³-hybridized carbons (Fsp3) is 0.438. The highest BCUT2D eigenvalue weighted by Crippen LogP contribution is 2.43. The fourth-order valence-electron chi connectivity index (χ4n) is 2.47. The third kappa shape index (κ3) is 3.61. The van der Waals surface area contributed by atoms with Gasteiger partial charge in [0.15, 0.2) is 0 Å². The number of halogens is 4. The van der Waals surface area contributed by atoms with Gasteiger partial charge in [-0.3, -0.25) is 0 Å². The highest BCUT2D eigenvalue weighted by atomic mass is 19.4. The third-order valence-corrected chi connectivity index (χ3v) is 4.61. The predicted octanol–water partition coefficient (Wildman–Crippen LogP) is 3.54. The quantitative estimate of drug-likeness (QED) is 0.599. The van der Waals surface area contributed by atoms with Crippen molar-refractivity contribution < 1.29 is 26.9 Å². The Kier molecular flexibility index (Phi) is 4.63. The Hall–Kier alpha value is -2.27. The Morgan fingerprint density at radius 1 is 1.07 bits per heavy atom. The number of aromatic nitrogens is 4. The molecule has 1 fully saturated rings. The summed E-state index contributed by atoms with van der Waals surface area (Å²) in [6, 6.07) is 1.55. The van der Waals surface area contributed by atoms with E-state index in [-0.39, 0.29) is 5.95 Å². The van der Waals surface area contributed by atoms with E-state index in [0.29, 0.717) is 0 Å². The molecule has 2 aromatic rings. The maximum Gasteiger partial charge on any atom is 0.525 e. The van der Waals surface area contributed by atoms with E-state index in [4.69, 9.17) is 9.31 Å². The first-order valence-electron chi connectivity index (χ1n) is 8.07. The van der Waals surface area contributed by atoms with Crippen molar-refractivity contribution in [1.29, 1.82) is 0 Å². The molecule has 0 unspecified atom stereocenters. The van der Waals surface area contributed by atoms with Crippen LogP contribution >= 0.6 is 0 Å². The van der Waals surface area contributed by atoms with Crippen molar-refractivity contribution in [3.8, 4) is 5.95 Å². The third-order valence-electron chi connectivity index (χ3n) is 4.61. The smallest absolute Gasteiger partial charge is 0.398 e. The molecule has 27 heavy (non-hydrogen) atoms. The summed E-state index contributed by atoms with van der Waals surface area (Å²) in [5, 5.41) is 3.80. The summed E-state index contributed by atoms with van der Waals surface area (Å²) in [7, 11) is -1.78. The monoisotopic (exact) mass is 384 g/mol. The zero-order valence-electron chi connectivity index (χ0n) is 15.1. The molecule has 0 radical (unpaired) electrons. The summed E-state index contributed by atoms with van der Waals surface area (Å²) in [4.78, 5) is 7.79. The van der Waals surface area contributed by atoms with Gasteiger partial charge in [0.05, 0.1) is 23.0 Å². The zero-order valence-corrected chi connectivity index (χ0v) is 15.1. The van der Waals surface area contributed by atoms with Gasteiger partial charge in [-0.15, -0.1) is 0 Å². The molecule has 0 aliphatic carbocycles. The normalized spacial score (nSPS) is 19.9. The molecule has 1 saturated heterocycles. The van der Waals surface area contributed by atoms with E-state index in [1.165, 1.54) is 12.4 Å². The first-order chi connectivity index (χ1) is 12.4. The molecule has 11 heteroatoms. The highest BCUT2D eigenvalue weighted by molar-refractivity contribution is 6.55. The van der Waals surface area contributed by atoms with E-state index in [0.717, 1.165) is 17.1 Å². The molecule has 0 atom stereocenters. The molecular formula is C16H17BF4N4O2. The fourth-order valence-corrected chi connectivity index (χ4v) is 2.47. The van der Waals surface area contributed by atoms with Crippen LogP contribution in [0.2, 0.25) is 0 Å². The highest BCUT2D eigenvalue weighted by Gasteiger charge is 2.55. The van der Waals surface area contributed by atoms with Gasteiger partial charge < -0.3 is 9.31 Å². The molecule has 1 aliphatic rings. The van der Waals surface area contributed by atoms with Gasteiger partial charge in [-0.05, 0) is 33.8 Å². The summed E-state index contributed by atoms with van der Waals surface area (Å²) in [6.45, 7) is 6.49. The second kappa shape index (κ2) is 6.41. The second-order valence-corrected chi connectivity index (χ2v) is 7.03. The minimum Gasteiger partial charge on any atom is -0.398 e. The average Bonchev–Trinajstić information content (AvgIpc) is 3.10. The topological polar surface area (TPSA) is 62.1 Å². The summed E-state index contributed by atoms with van der Waals surface area (Å²) >= 11 is 0. The molecule has 2 aromatic heterocycles. The van der Waals surface area contributed by atoms with E-state index < -0.39 is 41.4 Å². The molecule has 3 heterocycles. The maximum atomic E-state index is 14.9. The molecule has 0 bridgehead atoms. The Morgan fingerprint density at radius 3 is 2.15 bits per heavy atom. The molecule has 1 aliphatic heterocycles. The number of nitrogens with zero attached hydrogens (tertiary/aromatic N) is 4. The summed E-state index contributed by atoms with van der Waals surface area (Å²) in [5.41, 5.74) is -5.51. The molecule has 3 rings (SSSR count). The van der Waals surface area contributed by atoms with Crippen LogP contribution in [0.25, 0.3) is 11.5 Å². The van der Waals surface area contributed by atoms with Gasteiger partial charge in [0, 0.05) is 24.2 Å². The van der Waals surface area contributed by atoms with E-state index in [1.54, 1.807) is 33.8 Å². The van der Waals surface area contributed by atoms with Gasteiger partial charge >= 0.3 is 13.3 Å². The van der Waals surface area contributed by atoms with Gasteiger partial charge in [-0.2, -0.15) is 18.3 Å². The molecular weight excluding hydrogens is 367 g/mol. The lowest BCUT2D eigenvalue weighted by Gasteiger charge is -2.32. The van der Waals surface area contributed by atoms with Gasteiger partial charge in [-0.25, -0.2) is 19.0 Å². The molecule has 0 amide bonds. The van der Waals surface area contributed by atoms with Crippen LogP contribution in [0.5, 0.6) is 0 Å². The predicted molar refractivity (Wildman–Crippen MR) is 89.3 cm³/mol. The summed E-state index contributed by atoms with van der Waals surface area (Å²) in [6.07, 6.45) is -0.267. The van der Waals surface area contributed by atoms with Crippen LogP contribution in [0.1, 0.15) is 33.3 Å². The molecule has 6 nitrogen and oxygen atoms in total. The Balaban J connectivity index is 2.03. The van der Waals surface area contributed by atoms with Crippen molar-refractivity contribution in [2.75, 3.05) is 0 Å². The average molecular weight is 384 g/mol. The lowest BCUT2D eigenvalue weighted by atomic mass is 9.83. The Labute approximate surface area is 153 Å². The van der Waals surface area contributed by atoms with Crippen LogP contribution in [0, 0.1) is 0 Å². The summed E-state index contributed by atoms with van der Waals surface area (Å²) in [5.74, 6) is 0.0568.